The summed E-state index contributed by atoms with van der Waals surface area (Å²) in [6.07, 6.45) is 0.740. The van der Waals surface area contributed by atoms with Crippen LogP contribution in [0.15, 0.2) is 72.8 Å². The zero-order valence-corrected chi connectivity index (χ0v) is 21.6. The third-order valence-electron chi connectivity index (χ3n) is 6.05. The molecule has 1 saturated heterocycles. The van der Waals surface area contributed by atoms with Crippen LogP contribution in [-0.2, 0) is 20.7 Å². The minimum Gasteiger partial charge on any atom is -0.494 e. The smallest absolute Gasteiger partial charge is 0.338 e. The van der Waals surface area contributed by atoms with Crippen molar-refractivity contribution >= 4 is 40.9 Å². The van der Waals surface area contributed by atoms with E-state index in [9.17, 15) is 19.2 Å². The number of carbonyl (C=O) groups excluding carboxylic acids is 4. The van der Waals surface area contributed by atoms with Crippen molar-refractivity contribution in [1.29, 1.82) is 0 Å². The molecule has 0 aliphatic carbocycles. The summed E-state index contributed by atoms with van der Waals surface area (Å²) in [4.78, 5) is 51.3. The summed E-state index contributed by atoms with van der Waals surface area (Å²) in [6, 6.07) is 19.4. The topological polar surface area (TPSA) is 102 Å². The van der Waals surface area contributed by atoms with Gasteiger partial charge in [0.2, 0.25) is 5.91 Å². The first-order chi connectivity index (χ1) is 18.4. The Hall–Kier alpha value is -4.01. The highest BCUT2D eigenvalue weighted by Crippen LogP contribution is 2.24. The number of hydrogen-bond acceptors (Lipinski definition) is 7. The third-order valence-corrected chi connectivity index (χ3v) is 6.30. The van der Waals surface area contributed by atoms with Crippen molar-refractivity contribution < 1.29 is 28.7 Å². The maximum atomic E-state index is 12.9. The molecule has 1 aliphatic rings. The van der Waals surface area contributed by atoms with Gasteiger partial charge in [0.1, 0.15) is 5.75 Å². The molecule has 0 spiro atoms. The van der Waals surface area contributed by atoms with Gasteiger partial charge in [0, 0.05) is 10.6 Å². The van der Waals surface area contributed by atoms with Crippen molar-refractivity contribution in [1.82, 2.24) is 5.32 Å². The summed E-state index contributed by atoms with van der Waals surface area (Å²) in [7, 11) is 0. The minimum absolute atomic E-state index is 0.0525. The fourth-order valence-corrected chi connectivity index (χ4v) is 4.18. The average Bonchev–Trinajstić information content (AvgIpc) is 3.21. The van der Waals surface area contributed by atoms with Crippen LogP contribution in [0.25, 0.3) is 0 Å². The van der Waals surface area contributed by atoms with Crippen LogP contribution in [-0.4, -0.2) is 49.4 Å². The molecule has 4 rings (SSSR count). The van der Waals surface area contributed by atoms with Crippen LogP contribution >= 0.6 is 11.6 Å². The molecule has 196 valence electrons. The zero-order valence-electron chi connectivity index (χ0n) is 20.8. The van der Waals surface area contributed by atoms with Gasteiger partial charge in [-0.3, -0.25) is 14.4 Å². The highest BCUT2D eigenvalue weighted by Gasteiger charge is 2.39. The molecule has 1 atom stereocenters. The van der Waals surface area contributed by atoms with Gasteiger partial charge < -0.3 is 14.8 Å². The number of esters is 1. The third kappa shape index (κ3) is 6.65. The Labute approximate surface area is 225 Å². The number of imide groups is 1. The Kier molecular flexibility index (Phi) is 8.89. The average molecular weight is 535 g/mol. The van der Waals surface area contributed by atoms with Crippen molar-refractivity contribution in [3.63, 3.8) is 0 Å². The molecule has 3 aromatic carbocycles. The molecule has 1 fully saturated rings. The van der Waals surface area contributed by atoms with Gasteiger partial charge >= 0.3 is 5.97 Å². The van der Waals surface area contributed by atoms with Crippen molar-refractivity contribution in [3.05, 3.63) is 94.5 Å². The van der Waals surface area contributed by atoms with E-state index >= 15 is 0 Å². The number of nitrogens with zero attached hydrogens (tertiary/aromatic N) is 1. The van der Waals surface area contributed by atoms with E-state index in [2.05, 4.69) is 5.32 Å². The van der Waals surface area contributed by atoms with E-state index in [1.807, 2.05) is 31.2 Å². The van der Waals surface area contributed by atoms with E-state index in [4.69, 9.17) is 21.1 Å². The molecule has 0 aromatic heterocycles. The van der Waals surface area contributed by atoms with Gasteiger partial charge in [0.05, 0.1) is 30.3 Å². The molecule has 8 nitrogen and oxygen atoms in total. The minimum atomic E-state index is -0.684. The second-order valence-corrected chi connectivity index (χ2v) is 9.09. The standard InChI is InChI=1S/C29H27ClN2O6/c1-2-37-24-13-7-20(8-14-24)26(33)18-38-29(36)21-5-11-23(12-6-21)32-27(34)17-25(28(32)35)31-16-15-19-3-9-22(30)10-4-19/h3-14,25,31H,2,15-18H2,1H3. The highest BCUT2D eigenvalue weighted by atomic mass is 35.5. The van der Waals surface area contributed by atoms with Gasteiger partial charge in [0.25, 0.3) is 5.91 Å². The summed E-state index contributed by atoms with van der Waals surface area (Å²) >= 11 is 5.90. The number of carbonyl (C=O) groups is 4. The predicted octanol–water partition coefficient (Wildman–Crippen LogP) is 4.24. The van der Waals surface area contributed by atoms with Crippen molar-refractivity contribution in [3.8, 4) is 5.75 Å². The first-order valence-corrected chi connectivity index (χ1v) is 12.6. The number of rotatable bonds is 11. The molecule has 38 heavy (non-hydrogen) atoms. The van der Waals surface area contributed by atoms with Crippen LogP contribution in [0.5, 0.6) is 5.75 Å². The van der Waals surface area contributed by atoms with E-state index in [0.29, 0.717) is 41.6 Å². The Balaban J connectivity index is 1.29. The maximum absolute atomic E-state index is 12.9. The van der Waals surface area contributed by atoms with Crippen LogP contribution in [0, 0.1) is 0 Å². The molecule has 0 saturated carbocycles. The van der Waals surface area contributed by atoms with Crippen molar-refractivity contribution in [2.45, 2.75) is 25.8 Å². The second kappa shape index (κ2) is 12.5. The SMILES string of the molecule is CCOc1ccc(C(=O)COC(=O)c2ccc(N3C(=O)CC(NCCc4ccc(Cl)cc4)C3=O)cc2)cc1. The number of anilines is 1. The van der Waals surface area contributed by atoms with Crippen LogP contribution in [0.1, 0.15) is 39.6 Å². The van der Waals surface area contributed by atoms with E-state index in [1.54, 1.807) is 24.3 Å². The maximum Gasteiger partial charge on any atom is 0.338 e. The van der Waals surface area contributed by atoms with E-state index in [1.165, 1.54) is 24.3 Å². The molecule has 1 heterocycles. The lowest BCUT2D eigenvalue weighted by atomic mass is 10.1. The van der Waals surface area contributed by atoms with Gasteiger partial charge in [0.15, 0.2) is 12.4 Å². The number of halogens is 1. The van der Waals surface area contributed by atoms with E-state index in [-0.39, 0.29) is 29.6 Å². The molecule has 9 heteroatoms. The van der Waals surface area contributed by atoms with Crippen LogP contribution in [0.2, 0.25) is 5.02 Å². The molecular weight excluding hydrogens is 508 g/mol. The van der Waals surface area contributed by atoms with Crippen LogP contribution < -0.4 is 15.0 Å². The summed E-state index contributed by atoms with van der Waals surface area (Å²) in [5.41, 5.74) is 2.03. The normalized spacial score (nSPS) is 15.0. The number of amides is 2. The second-order valence-electron chi connectivity index (χ2n) is 8.66. The molecule has 3 aromatic rings. The van der Waals surface area contributed by atoms with E-state index < -0.39 is 18.6 Å². The van der Waals surface area contributed by atoms with Gasteiger partial charge in [-0.25, -0.2) is 9.69 Å². The molecule has 1 aliphatic heterocycles. The number of Topliss-reactive ketones (excluding diaryl/α,β-unsaturated/α-hetero) is 1. The quantitative estimate of drug-likeness (QED) is 0.223. The summed E-state index contributed by atoms with van der Waals surface area (Å²) in [5.74, 6) is -1.05. The fourth-order valence-electron chi connectivity index (χ4n) is 4.05. The highest BCUT2D eigenvalue weighted by molar-refractivity contribution is 6.30. The number of hydrogen-bond donors (Lipinski definition) is 1. The number of ether oxygens (including phenoxy) is 2. The van der Waals surface area contributed by atoms with Crippen molar-refractivity contribution in [2.75, 3.05) is 24.7 Å². The van der Waals surface area contributed by atoms with Gasteiger partial charge in [-0.2, -0.15) is 0 Å². The number of nitrogens with one attached hydrogen (secondary N) is 1. The van der Waals surface area contributed by atoms with Crippen LogP contribution in [0.4, 0.5) is 5.69 Å². The van der Waals surface area contributed by atoms with Gasteiger partial charge in [-0.05, 0) is 86.1 Å². The van der Waals surface area contributed by atoms with E-state index in [0.717, 1.165) is 10.5 Å². The fraction of sp³-hybridized carbons (Fsp3) is 0.241. The lowest BCUT2D eigenvalue weighted by molar-refractivity contribution is -0.121. The van der Waals surface area contributed by atoms with Crippen LogP contribution in [0.3, 0.4) is 0 Å². The predicted molar refractivity (Wildman–Crippen MR) is 143 cm³/mol. The molecular formula is C29H27ClN2O6. The van der Waals surface area contributed by atoms with Gasteiger partial charge in [-0.15, -0.1) is 0 Å². The first kappa shape index (κ1) is 27.0. The lowest BCUT2D eigenvalue weighted by Crippen LogP contribution is -2.39. The van der Waals surface area contributed by atoms with Crippen molar-refractivity contribution in [2.24, 2.45) is 0 Å². The molecule has 1 N–H and O–H groups in total. The molecule has 1 unspecified atom stereocenters. The summed E-state index contributed by atoms with van der Waals surface area (Å²) in [6.45, 7) is 2.50. The monoisotopic (exact) mass is 534 g/mol. The largest absolute Gasteiger partial charge is 0.494 e. The Morgan fingerprint density at radius 3 is 2.26 bits per heavy atom. The number of benzene rings is 3. The lowest BCUT2D eigenvalue weighted by Gasteiger charge is -2.16. The van der Waals surface area contributed by atoms with Gasteiger partial charge in [-0.1, -0.05) is 23.7 Å². The number of ketones is 1. The first-order valence-electron chi connectivity index (χ1n) is 12.2. The zero-order chi connectivity index (χ0) is 27.1. The Bertz CT molecular complexity index is 1310. The molecule has 0 radical (unpaired) electrons. The summed E-state index contributed by atoms with van der Waals surface area (Å²) < 4.78 is 10.5. The Morgan fingerprint density at radius 2 is 1.61 bits per heavy atom. The molecule has 0 bridgehead atoms. The molecule has 2 amide bonds. The Morgan fingerprint density at radius 1 is 0.947 bits per heavy atom. The summed E-state index contributed by atoms with van der Waals surface area (Å²) in [5, 5.41) is 3.80.